The van der Waals surface area contributed by atoms with Gasteiger partial charge >= 0.3 is 6.03 Å². The Labute approximate surface area is 165 Å². The van der Waals surface area contributed by atoms with Crippen LogP contribution in [0.15, 0.2) is 54.7 Å². The van der Waals surface area contributed by atoms with E-state index >= 15 is 0 Å². The van der Waals surface area contributed by atoms with Crippen molar-refractivity contribution in [2.45, 2.75) is 39.0 Å². The van der Waals surface area contributed by atoms with Gasteiger partial charge in [0.15, 0.2) is 0 Å². The number of nitrogens with one attached hydrogen (secondary N) is 1. The standard InChI is InChI=1S/C22H26N4O2/c1-17-7-5-11-21-24-19(15-26(17)21)13-23-22(27)25(16-20-10-6-12-28-20)14-18-8-3-2-4-9-18/h2-5,7-9,11,15,20H,6,10,12-14,16H2,1H3,(H,23,27)/t20-/m1/s1. The zero-order valence-electron chi connectivity index (χ0n) is 16.2. The number of hydrogen-bond donors (Lipinski definition) is 1. The minimum absolute atomic E-state index is 0.0897. The summed E-state index contributed by atoms with van der Waals surface area (Å²) in [6.07, 6.45) is 4.16. The predicted molar refractivity (Wildman–Crippen MR) is 108 cm³/mol. The summed E-state index contributed by atoms with van der Waals surface area (Å²) < 4.78 is 7.79. The van der Waals surface area contributed by atoms with Crippen molar-refractivity contribution in [3.63, 3.8) is 0 Å². The third-order valence-electron chi connectivity index (χ3n) is 5.12. The van der Waals surface area contributed by atoms with E-state index in [1.165, 1.54) is 0 Å². The Morgan fingerprint density at radius 3 is 2.86 bits per heavy atom. The van der Waals surface area contributed by atoms with E-state index in [4.69, 9.17) is 4.74 Å². The number of aromatic nitrogens is 2. The fourth-order valence-corrected chi connectivity index (χ4v) is 3.62. The zero-order chi connectivity index (χ0) is 19.3. The van der Waals surface area contributed by atoms with E-state index in [0.717, 1.165) is 42.0 Å². The van der Waals surface area contributed by atoms with Crippen LogP contribution in [0.1, 0.15) is 29.8 Å². The Balaban J connectivity index is 1.43. The average molecular weight is 378 g/mol. The molecule has 0 aliphatic carbocycles. The second-order valence-corrected chi connectivity index (χ2v) is 7.29. The minimum atomic E-state index is -0.0897. The molecule has 3 aromatic rings. The molecule has 2 amide bonds. The molecule has 1 atom stereocenters. The second kappa shape index (κ2) is 8.44. The first-order chi connectivity index (χ1) is 13.7. The monoisotopic (exact) mass is 378 g/mol. The molecule has 6 heteroatoms. The van der Waals surface area contributed by atoms with Gasteiger partial charge in [-0.3, -0.25) is 0 Å². The highest BCUT2D eigenvalue weighted by Crippen LogP contribution is 2.15. The van der Waals surface area contributed by atoms with Crippen molar-refractivity contribution in [1.82, 2.24) is 19.6 Å². The predicted octanol–water partition coefficient (Wildman–Crippen LogP) is 3.53. The van der Waals surface area contributed by atoms with Crippen molar-refractivity contribution in [2.24, 2.45) is 0 Å². The summed E-state index contributed by atoms with van der Waals surface area (Å²) in [5.41, 5.74) is 3.97. The number of carbonyl (C=O) groups excluding carboxylic acids is 1. The molecular formula is C22H26N4O2. The molecule has 0 saturated carbocycles. The number of rotatable bonds is 6. The smallest absolute Gasteiger partial charge is 0.318 e. The number of pyridine rings is 1. The summed E-state index contributed by atoms with van der Waals surface area (Å²) in [5.74, 6) is 0. The fourth-order valence-electron chi connectivity index (χ4n) is 3.62. The van der Waals surface area contributed by atoms with Crippen LogP contribution in [0.5, 0.6) is 0 Å². The lowest BCUT2D eigenvalue weighted by Crippen LogP contribution is -2.43. The highest BCUT2D eigenvalue weighted by molar-refractivity contribution is 5.74. The molecule has 1 aliphatic rings. The van der Waals surface area contributed by atoms with Gasteiger partial charge in [0.1, 0.15) is 5.65 Å². The summed E-state index contributed by atoms with van der Waals surface area (Å²) in [6.45, 7) is 4.39. The van der Waals surface area contributed by atoms with Crippen molar-refractivity contribution in [2.75, 3.05) is 13.2 Å². The molecular weight excluding hydrogens is 352 g/mol. The van der Waals surface area contributed by atoms with Crippen LogP contribution < -0.4 is 5.32 Å². The lowest BCUT2D eigenvalue weighted by molar-refractivity contribution is 0.0794. The first-order valence-corrected chi connectivity index (χ1v) is 9.81. The molecule has 1 aliphatic heterocycles. The molecule has 1 saturated heterocycles. The number of imidazole rings is 1. The van der Waals surface area contributed by atoms with Gasteiger partial charge in [0.05, 0.1) is 18.3 Å². The van der Waals surface area contributed by atoms with Gasteiger partial charge in [-0.05, 0) is 37.5 Å². The Morgan fingerprint density at radius 1 is 1.25 bits per heavy atom. The summed E-state index contributed by atoms with van der Waals surface area (Å²) in [6, 6.07) is 16.0. The number of carbonyl (C=O) groups is 1. The lowest BCUT2D eigenvalue weighted by atomic mass is 10.2. The lowest BCUT2D eigenvalue weighted by Gasteiger charge is -2.25. The van der Waals surface area contributed by atoms with Crippen molar-refractivity contribution in [1.29, 1.82) is 0 Å². The highest BCUT2D eigenvalue weighted by atomic mass is 16.5. The number of benzene rings is 1. The van der Waals surface area contributed by atoms with Crippen LogP contribution in [0.4, 0.5) is 4.79 Å². The molecule has 146 valence electrons. The van der Waals surface area contributed by atoms with Crippen LogP contribution >= 0.6 is 0 Å². The SMILES string of the molecule is Cc1cccc2nc(CNC(=O)N(Cc3ccccc3)C[C@H]3CCCO3)cn12. The maximum absolute atomic E-state index is 12.9. The zero-order valence-corrected chi connectivity index (χ0v) is 16.2. The summed E-state index contributed by atoms with van der Waals surface area (Å²) in [5, 5.41) is 3.03. The quantitative estimate of drug-likeness (QED) is 0.714. The summed E-state index contributed by atoms with van der Waals surface area (Å²) in [7, 11) is 0. The number of ether oxygens (including phenoxy) is 1. The van der Waals surface area contributed by atoms with Crippen LogP contribution in [0.3, 0.4) is 0 Å². The Morgan fingerprint density at radius 2 is 2.11 bits per heavy atom. The van der Waals surface area contributed by atoms with Gasteiger partial charge in [-0.2, -0.15) is 0 Å². The maximum Gasteiger partial charge on any atom is 0.318 e. The van der Waals surface area contributed by atoms with Gasteiger partial charge < -0.3 is 19.4 Å². The molecule has 1 aromatic carbocycles. The Kier molecular flexibility index (Phi) is 5.58. The second-order valence-electron chi connectivity index (χ2n) is 7.29. The highest BCUT2D eigenvalue weighted by Gasteiger charge is 2.23. The average Bonchev–Trinajstić information content (AvgIpc) is 3.36. The maximum atomic E-state index is 12.9. The van der Waals surface area contributed by atoms with Crippen molar-refractivity contribution >= 4 is 11.7 Å². The van der Waals surface area contributed by atoms with Crippen molar-refractivity contribution in [3.05, 3.63) is 71.7 Å². The van der Waals surface area contributed by atoms with E-state index in [2.05, 4.69) is 10.3 Å². The molecule has 1 fully saturated rings. The van der Waals surface area contributed by atoms with Crippen molar-refractivity contribution < 1.29 is 9.53 Å². The molecule has 0 spiro atoms. The van der Waals surface area contributed by atoms with E-state index < -0.39 is 0 Å². The van der Waals surface area contributed by atoms with E-state index in [0.29, 0.717) is 19.6 Å². The molecule has 2 aromatic heterocycles. The summed E-state index contributed by atoms with van der Waals surface area (Å²) >= 11 is 0. The molecule has 0 radical (unpaired) electrons. The Hall–Kier alpha value is -2.86. The number of hydrogen-bond acceptors (Lipinski definition) is 3. The van der Waals surface area contributed by atoms with Crippen LogP contribution in [0.2, 0.25) is 0 Å². The topological polar surface area (TPSA) is 58.9 Å². The molecule has 28 heavy (non-hydrogen) atoms. The summed E-state index contributed by atoms with van der Waals surface area (Å²) in [4.78, 5) is 19.4. The van der Waals surface area contributed by atoms with Crippen LogP contribution in [0, 0.1) is 6.92 Å². The van der Waals surface area contributed by atoms with E-state index in [-0.39, 0.29) is 12.1 Å². The number of fused-ring (bicyclic) bond motifs is 1. The number of urea groups is 1. The van der Waals surface area contributed by atoms with E-state index in [1.807, 2.05) is 71.0 Å². The van der Waals surface area contributed by atoms with Gasteiger partial charge in [-0.15, -0.1) is 0 Å². The van der Waals surface area contributed by atoms with Crippen molar-refractivity contribution in [3.8, 4) is 0 Å². The fraction of sp³-hybridized carbons (Fsp3) is 0.364. The molecule has 1 N–H and O–H groups in total. The van der Waals surface area contributed by atoms with Gasteiger partial charge in [0.2, 0.25) is 0 Å². The molecule has 0 unspecified atom stereocenters. The van der Waals surface area contributed by atoms with E-state index in [9.17, 15) is 4.79 Å². The normalized spacial score (nSPS) is 16.4. The first kappa shape index (κ1) is 18.5. The minimum Gasteiger partial charge on any atom is -0.376 e. The number of aryl methyl sites for hydroxylation is 1. The molecule has 0 bridgehead atoms. The van der Waals surface area contributed by atoms with Crippen LogP contribution in [-0.4, -0.2) is 39.6 Å². The molecule has 4 rings (SSSR count). The molecule has 6 nitrogen and oxygen atoms in total. The first-order valence-electron chi connectivity index (χ1n) is 9.81. The van der Waals surface area contributed by atoms with Gasteiger partial charge in [-0.25, -0.2) is 9.78 Å². The number of amides is 2. The third kappa shape index (κ3) is 4.34. The van der Waals surface area contributed by atoms with E-state index in [1.54, 1.807) is 0 Å². The van der Waals surface area contributed by atoms with Gasteiger partial charge in [-0.1, -0.05) is 36.4 Å². The third-order valence-corrected chi connectivity index (χ3v) is 5.12. The van der Waals surface area contributed by atoms with Gasteiger partial charge in [0.25, 0.3) is 0 Å². The number of nitrogens with zero attached hydrogens (tertiary/aromatic N) is 3. The molecule has 3 heterocycles. The van der Waals surface area contributed by atoms with Gasteiger partial charge in [0, 0.05) is 31.6 Å². The Bertz CT molecular complexity index is 932. The van der Waals surface area contributed by atoms with Crippen LogP contribution in [-0.2, 0) is 17.8 Å². The largest absolute Gasteiger partial charge is 0.376 e. The van der Waals surface area contributed by atoms with Crippen LogP contribution in [0.25, 0.3) is 5.65 Å².